The third-order valence-electron chi connectivity index (χ3n) is 8.77. The van der Waals surface area contributed by atoms with Gasteiger partial charge in [0, 0.05) is 35.9 Å². The number of rotatable bonds is 8. The summed E-state index contributed by atoms with van der Waals surface area (Å²) >= 11 is 0. The number of nitrogens with one attached hydrogen (secondary N) is 1. The van der Waals surface area contributed by atoms with Crippen LogP contribution in [0.3, 0.4) is 0 Å². The molecular weight excluding hydrogens is 462 g/mol. The van der Waals surface area contributed by atoms with Crippen LogP contribution in [-0.2, 0) is 6.42 Å². The van der Waals surface area contributed by atoms with E-state index in [4.69, 9.17) is 11.1 Å². The molecule has 2 aliphatic carbocycles. The van der Waals surface area contributed by atoms with Crippen molar-refractivity contribution < 1.29 is 0 Å². The molecule has 3 nitrogen and oxygen atoms in total. The van der Waals surface area contributed by atoms with E-state index in [0.717, 1.165) is 18.5 Å². The Bertz CT molecular complexity index is 1200. The van der Waals surface area contributed by atoms with E-state index in [9.17, 15) is 0 Å². The zero-order valence-corrected chi connectivity index (χ0v) is 23.4. The Morgan fingerprint density at radius 3 is 2.47 bits per heavy atom. The van der Waals surface area contributed by atoms with Crippen molar-refractivity contribution in [2.75, 3.05) is 11.4 Å². The fraction of sp³-hybridized carbons (Fsp3) is 0.457. The molecule has 200 valence electrons. The molecule has 0 aliphatic heterocycles. The van der Waals surface area contributed by atoms with Crippen molar-refractivity contribution in [3.05, 3.63) is 88.8 Å². The van der Waals surface area contributed by atoms with Crippen molar-refractivity contribution in [1.29, 1.82) is 5.41 Å². The quantitative estimate of drug-likeness (QED) is 0.279. The molecule has 0 bridgehead atoms. The summed E-state index contributed by atoms with van der Waals surface area (Å²) in [6.07, 6.45) is 15.2. The number of hydrogen-bond donors (Lipinski definition) is 2. The highest BCUT2D eigenvalue weighted by atomic mass is 15.1. The molecule has 0 aromatic heterocycles. The normalized spacial score (nSPS) is 20.3. The second-order valence-corrected chi connectivity index (χ2v) is 11.3. The first-order valence-corrected chi connectivity index (χ1v) is 14.6. The highest BCUT2D eigenvalue weighted by Crippen LogP contribution is 2.39. The summed E-state index contributed by atoms with van der Waals surface area (Å²) < 4.78 is 0. The molecule has 0 radical (unpaired) electrons. The summed E-state index contributed by atoms with van der Waals surface area (Å²) in [4.78, 5) is 2.52. The lowest BCUT2D eigenvalue weighted by atomic mass is 9.77. The van der Waals surface area contributed by atoms with Crippen molar-refractivity contribution in [1.82, 2.24) is 0 Å². The van der Waals surface area contributed by atoms with Gasteiger partial charge in [0.25, 0.3) is 0 Å². The van der Waals surface area contributed by atoms with Crippen LogP contribution in [0.4, 0.5) is 5.69 Å². The van der Waals surface area contributed by atoms with Gasteiger partial charge in [-0.1, -0.05) is 68.9 Å². The molecule has 2 aromatic rings. The van der Waals surface area contributed by atoms with Gasteiger partial charge in [0.2, 0.25) is 0 Å². The first-order valence-electron chi connectivity index (χ1n) is 14.6. The zero-order chi connectivity index (χ0) is 26.9. The number of nitrogens with zero attached hydrogens (tertiary/aromatic N) is 1. The van der Waals surface area contributed by atoms with Gasteiger partial charge >= 0.3 is 0 Å². The average molecular weight is 508 g/mol. The first-order chi connectivity index (χ1) is 18.5. The van der Waals surface area contributed by atoms with E-state index in [0.29, 0.717) is 23.3 Å². The fourth-order valence-electron chi connectivity index (χ4n) is 6.37. The van der Waals surface area contributed by atoms with Gasteiger partial charge < -0.3 is 16.0 Å². The van der Waals surface area contributed by atoms with Gasteiger partial charge in [0.1, 0.15) is 0 Å². The molecule has 4 rings (SSSR count). The molecule has 0 atom stereocenters. The second-order valence-electron chi connectivity index (χ2n) is 11.3. The third-order valence-corrected chi connectivity index (χ3v) is 8.77. The standard InChI is InChI=1S/C35H45N3/c1-4-31-19-20-34(21-26(31)2)33-17-15-29(16-18-33)25-38(27(3)32-10-6-5-7-11-32)35-12-8-9-28(22-35)13-14-30(23-36)24-37/h8-9,12,19-24,29,32-33,36H,3-7,10-11,15-18,25,37H2,1-2H3. The summed E-state index contributed by atoms with van der Waals surface area (Å²) in [5, 5.41) is 7.45. The topological polar surface area (TPSA) is 53.1 Å². The van der Waals surface area contributed by atoms with E-state index in [1.807, 2.05) is 6.07 Å². The Kier molecular flexibility index (Phi) is 9.88. The molecule has 0 heterocycles. The molecular formula is C35H45N3. The largest absolute Gasteiger partial charge is 0.404 e. The fourth-order valence-corrected chi connectivity index (χ4v) is 6.37. The molecule has 3 heteroatoms. The predicted molar refractivity (Wildman–Crippen MR) is 163 cm³/mol. The molecule has 2 aromatic carbocycles. The maximum absolute atomic E-state index is 7.45. The van der Waals surface area contributed by atoms with E-state index >= 15 is 0 Å². The highest BCUT2D eigenvalue weighted by Gasteiger charge is 2.28. The lowest BCUT2D eigenvalue weighted by molar-refractivity contribution is 0.323. The van der Waals surface area contributed by atoms with E-state index in [2.05, 4.69) is 73.6 Å². The van der Waals surface area contributed by atoms with Crippen LogP contribution in [-0.4, -0.2) is 12.8 Å². The van der Waals surface area contributed by atoms with Crippen molar-refractivity contribution in [3.8, 4) is 11.8 Å². The third kappa shape index (κ3) is 6.98. The number of anilines is 1. The summed E-state index contributed by atoms with van der Waals surface area (Å²) in [6, 6.07) is 15.7. The van der Waals surface area contributed by atoms with Crippen LogP contribution in [0.2, 0.25) is 0 Å². The van der Waals surface area contributed by atoms with E-state index in [1.165, 1.54) is 98.3 Å². The smallest absolute Gasteiger partial charge is 0.0579 e. The van der Waals surface area contributed by atoms with Crippen LogP contribution < -0.4 is 10.6 Å². The minimum atomic E-state index is 0.523. The Balaban J connectivity index is 1.50. The van der Waals surface area contributed by atoms with Crippen LogP contribution in [0, 0.1) is 36.0 Å². The molecule has 2 saturated carbocycles. The Hall–Kier alpha value is -3.25. The Morgan fingerprint density at radius 2 is 1.82 bits per heavy atom. The van der Waals surface area contributed by atoms with Crippen LogP contribution in [0.15, 0.2) is 66.5 Å². The highest BCUT2D eigenvalue weighted by molar-refractivity contribution is 5.82. The summed E-state index contributed by atoms with van der Waals surface area (Å²) in [5.41, 5.74) is 14.0. The van der Waals surface area contributed by atoms with E-state index < -0.39 is 0 Å². The molecule has 0 amide bonds. The molecule has 0 spiro atoms. The van der Waals surface area contributed by atoms with Crippen molar-refractivity contribution >= 4 is 11.9 Å². The van der Waals surface area contributed by atoms with Gasteiger partial charge in [-0.15, -0.1) is 0 Å². The molecule has 2 aliphatic rings. The second kappa shape index (κ2) is 13.5. The van der Waals surface area contributed by atoms with Gasteiger partial charge in [0.05, 0.1) is 5.57 Å². The number of hydrogen-bond acceptors (Lipinski definition) is 3. The van der Waals surface area contributed by atoms with Crippen molar-refractivity contribution in [3.63, 3.8) is 0 Å². The molecule has 0 unspecified atom stereocenters. The predicted octanol–water partition coefficient (Wildman–Crippen LogP) is 8.28. The van der Waals surface area contributed by atoms with Crippen molar-refractivity contribution in [2.24, 2.45) is 17.6 Å². The van der Waals surface area contributed by atoms with Gasteiger partial charge in [-0.05, 0) is 105 Å². The minimum Gasteiger partial charge on any atom is -0.404 e. The Labute approximate surface area is 230 Å². The summed E-state index contributed by atoms with van der Waals surface area (Å²) in [5.74, 6) is 8.12. The van der Waals surface area contributed by atoms with Gasteiger partial charge in [0.15, 0.2) is 0 Å². The monoisotopic (exact) mass is 507 g/mol. The minimum absolute atomic E-state index is 0.523. The maximum Gasteiger partial charge on any atom is 0.0579 e. The van der Waals surface area contributed by atoms with E-state index in [1.54, 1.807) is 0 Å². The summed E-state index contributed by atoms with van der Waals surface area (Å²) in [6.45, 7) is 10.2. The lowest BCUT2D eigenvalue weighted by Crippen LogP contribution is -2.33. The number of nitrogens with two attached hydrogens (primary N) is 1. The van der Waals surface area contributed by atoms with Crippen LogP contribution in [0.5, 0.6) is 0 Å². The summed E-state index contributed by atoms with van der Waals surface area (Å²) in [7, 11) is 0. The number of allylic oxidation sites excluding steroid dienone is 2. The molecule has 2 fully saturated rings. The number of aryl methyl sites for hydroxylation is 2. The maximum atomic E-state index is 7.45. The van der Waals surface area contributed by atoms with Crippen LogP contribution >= 0.6 is 0 Å². The van der Waals surface area contributed by atoms with Crippen molar-refractivity contribution in [2.45, 2.75) is 84.0 Å². The lowest BCUT2D eigenvalue weighted by Gasteiger charge is -2.38. The zero-order valence-electron chi connectivity index (χ0n) is 23.4. The Morgan fingerprint density at radius 1 is 1.05 bits per heavy atom. The van der Waals surface area contributed by atoms with Crippen LogP contribution in [0.1, 0.15) is 92.9 Å². The molecule has 38 heavy (non-hydrogen) atoms. The first kappa shape index (κ1) is 27.8. The molecule has 0 saturated heterocycles. The van der Waals surface area contributed by atoms with Gasteiger partial charge in [-0.3, -0.25) is 0 Å². The number of benzene rings is 2. The average Bonchev–Trinajstić information content (AvgIpc) is 2.97. The molecule has 3 N–H and O–H groups in total. The van der Waals surface area contributed by atoms with Crippen LogP contribution in [0.25, 0.3) is 0 Å². The van der Waals surface area contributed by atoms with Gasteiger partial charge in [-0.2, -0.15) is 0 Å². The SMILES string of the molecule is C=C(C1CCCCC1)N(CC1CCC(c2ccc(CC)c(C)c2)CC1)c1cccc(C#CC(C=N)=CN)c1. The van der Waals surface area contributed by atoms with Gasteiger partial charge in [-0.25, -0.2) is 0 Å². The van der Waals surface area contributed by atoms with E-state index in [-0.39, 0.29) is 0 Å².